The van der Waals surface area contributed by atoms with E-state index in [-0.39, 0.29) is 0 Å². The summed E-state index contributed by atoms with van der Waals surface area (Å²) in [6.45, 7) is 4.87. The Bertz CT molecular complexity index is 803. The van der Waals surface area contributed by atoms with Gasteiger partial charge >= 0.3 is 0 Å². The monoisotopic (exact) mass is 369 g/mol. The molecule has 4 nitrogen and oxygen atoms in total. The minimum absolute atomic E-state index is 0.793. The van der Waals surface area contributed by atoms with Gasteiger partial charge in [0, 0.05) is 49.0 Å². The van der Waals surface area contributed by atoms with Gasteiger partial charge in [0.05, 0.1) is 7.11 Å². The molecule has 26 heavy (non-hydrogen) atoms. The maximum atomic E-state index is 5.99. The van der Waals surface area contributed by atoms with Crippen LogP contribution in [-0.4, -0.2) is 36.7 Å². The molecule has 0 unspecified atom stereocenters. The Morgan fingerprint density at radius 2 is 1.85 bits per heavy atom. The molecule has 1 N–H and O–H groups in total. The highest BCUT2D eigenvalue weighted by Crippen LogP contribution is 2.26. The number of para-hydroxylation sites is 1. The molecule has 0 aromatic heterocycles. The number of ether oxygens (including phenoxy) is 1. The third-order valence-corrected chi connectivity index (χ3v) is 5.34. The lowest BCUT2D eigenvalue weighted by molar-refractivity contribution is 0.231. The Labute approximate surface area is 160 Å². The van der Waals surface area contributed by atoms with E-state index in [1.165, 1.54) is 22.4 Å². The fourth-order valence-electron chi connectivity index (χ4n) is 3.73. The number of nitrogens with zero attached hydrogens (tertiary/aromatic N) is 2. The molecule has 0 saturated carbocycles. The lowest BCUT2D eigenvalue weighted by atomic mass is 10.1. The van der Waals surface area contributed by atoms with Gasteiger partial charge in [-0.25, -0.2) is 5.01 Å². The fourth-order valence-corrected chi connectivity index (χ4v) is 3.85. The van der Waals surface area contributed by atoms with Crippen molar-refractivity contribution in [2.75, 3.05) is 26.7 Å². The Hall–Kier alpha value is -2.01. The first-order valence-electron chi connectivity index (χ1n) is 9.02. The predicted molar refractivity (Wildman–Crippen MR) is 105 cm³/mol. The van der Waals surface area contributed by atoms with Crippen molar-refractivity contribution in [1.29, 1.82) is 0 Å². The smallest absolute Gasteiger partial charge is 0.123 e. The third kappa shape index (κ3) is 3.88. The molecule has 5 heteroatoms. The maximum absolute atomic E-state index is 5.99. The molecule has 0 aliphatic carbocycles. The molecular formula is C21H24ClN3O. The molecular weight excluding hydrogens is 346 g/mol. The van der Waals surface area contributed by atoms with Crippen molar-refractivity contribution >= 4 is 11.6 Å². The van der Waals surface area contributed by atoms with Crippen LogP contribution in [0.4, 0.5) is 0 Å². The van der Waals surface area contributed by atoms with Gasteiger partial charge in [0.15, 0.2) is 0 Å². The van der Waals surface area contributed by atoms with E-state index in [2.05, 4.69) is 39.6 Å². The molecule has 0 atom stereocenters. The van der Waals surface area contributed by atoms with E-state index < -0.39 is 0 Å². The zero-order chi connectivity index (χ0) is 17.9. The summed E-state index contributed by atoms with van der Waals surface area (Å²) in [6, 6.07) is 16.4. The zero-order valence-corrected chi connectivity index (χ0v) is 15.8. The molecule has 0 fully saturated rings. The van der Waals surface area contributed by atoms with Crippen LogP contribution in [0.1, 0.15) is 17.5 Å². The number of benzene rings is 2. The van der Waals surface area contributed by atoms with E-state index in [0.29, 0.717) is 0 Å². The summed E-state index contributed by atoms with van der Waals surface area (Å²) >= 11 is 5.99. The highest BCUT2D eigenvalue weighted by Gasteiger charge is 2.27. The Morgan fingerprint density at radius 3 is 2.65 bits per heavy atom. The molecule has 2 aliphatic heterocycles. The number of methoxy groups -OCH3 is 1. The average Bonchev–Trinajstić information content (AvgIpc) is 3.05. The number of nitrogens with one attached hydrogen (secondary N) is 1. The first kappa shape index (κ1) is 17.4. The summed E-state index contributed by atoms with van der Waals surface area (Å²) in [5.74, 6) is 0.948. The van der Waals surface area contributed by atoms with Crippen molar-refractivity contribution in [2.24, 2.45) is 0 Å². The summed E-state index contributed by atoms with van der Waals surface area (Å²) in [6.07, 6.45) is 1.12. The SMILES string of the molecule is COc1ccccc1CN1CC2=C(CN(Cc3ccc(Cl)cc3)CC2)N1. The van der Waals surface area contributed by atoms with Gasteiger partial charge in [-0.15, -0.1) is 0 Å². The number of rotatable bonds is 5. The van der Waals surface area contributed by atoms with Crippen molar-refractivity contribution in [1.82, 2.24) is 15.3 Å². The van der Waals surface area contributed by atoms with Crippen molar-refractivity contribution in [3.63, 3.8) is 0 Å². The second-order valence-electron chi connectivity index (χ2n) is 6.95. The second kappa shape index (κ2) is 7.70. The molecule has 0 spiro atoms. The lowest BCUT2D eigenvalue weighted by Crippen LogP contribution is -2.36. The van der Waals surface area contributed by atoms with Crippen LogP contribution in [0, 0.1) is 0 Å². The third-order valence-electron chi connectivity index (χ3n) is 5.09. The Kier molecular flexibility index (Phi) is 5.16. The number of halogens is 1. The molecule has 0 saturated heterocycles. The van der Waals surface area contributed by atoms with Gasteiger partial charge in [-0.1, -0.05) is 41.9 Å². The van der Waals surface area contributed by atoms with E-state index in [1.54, 1.807) is 7.11 Å². The molecule has 2 aromatic carbocycles. The highest BCUT2D eigenvalue weighted by atomic mass is 35.5. The highest BCUT2D eigenvalue weighted by molar-refractivity contribution is 6.30. The van der Waals surface area contributed by atoms with Gasteiger partial charge in [-0.05, 0) is 35.8 Å². The molecule has 2 aromatic rings. The molecule has 136 valence electrons. The molecule has 2 aliphatic rings. The van der Waals surface area contributed by atoms with Crippen LogP contribution >= 0.6 is 11.6 Å². The van der Waals surface area contributed by atoms with Gasteiger partial charge in [0.2, 0.25) is 0 Å². The van der Waals surface area contributed by atoms with Crippen LogP contribution in [0.25, 0.3) is 0 Å². The van der Waals surface area contributed by atoms with E-state index in [1.807, 2.05) is 24.3 Å². The summed E-state index contributed by atoms with van der Waals surface area (Å²) in [4.78, 5) is 2.49. The summed E-state index contributed by atoms with van der Waals surface area (Å²) in [5.41, 5.74) is 9.02. The molecule has 0 amide bonds. The second-order valence-corrected chi connectivity index (χ2v) is 7.39. The zero-order valence-electron chi connectivity index (χ0n) is 15.0. The topological polar surface area (TPSA) is 27.7 Å². The minimum atomic E-state index is 0.793. The van der Waals surface area contributed by atoms with Crippen molar-refractivity contribution in [2.45, 2.75) is 19.5 Å². The summed E-state index contributed by atoms with van der Waals surface area (Å²) < 4.78 is 5.48. The lowest BCUT2D eigenvalue weighted by Gasteiger charge is -2.28. The number of hydrazine groups is 1. The predicted octanol–water partition coefficient (Wildman–Crippen LogP) is 3.83. The van der Waals surface area contributed by atoms with E-state index in [0.717, 1.165) is 49.9 Å². The molecule has 2 heterocycles. The van der Waals surface area contributed by atoms with Crippen LogP contribution in [0.2, 0.25) is 5.02 Å². The van der Waals surface area contributed by atoms with Crippen LogP contribution in [0.5, 0.6) is 5.75 Å². The van der Waals surface area contributed by atoms with E-state index in [4.69, 9.17) is 16.3 Å². The average molecular weight is 370 g/mol. The fraction of sp³-hybridized carbons (Fsp3) is 0.333. The van der Waals surface area contributed by atoms with Crippen molar-refractivity contribution in [3.05, 3.63) is 76.0 Å². The largest absolute Gasteiger partial charge is 0.496 e. The number of hydrogen-bond donors (Lipinski definition) is 1. The summed E-state index contributed by atoms with van der Waals surface area (Å²) in [7, 11) is 1.73. The van der Waals surface area contributed by atoms with Crippen LogP contribution in [0.3, 0.4) is 0 Å². The summed E-state index contributed by atoms with van der Waals surface area (Å²) in [5, 5.41) is 3.08. The normalized spacial score (nSPS) is 17.9. The van der Waals surface area contributed by atoms with Gasteiger partial charge in [0.1, 0.15) is 5.75 Å². The quantitative estimate of drug-likeness (QED) is 0.866. The molecule has 0 bridgehead atoms. The van der Waals surface area contributed by atoms with Crippen molar-refractivity contribution < 1.29 is 4.74 Å². The van der Waals surface area contributed by atoms with Gasteiger partial charge in [-0.3, -0.25) is 4.90 Å². The first-order chi connectivity index (χ1) is 12.7. The van der Waals surface area contributed by atoms with Crippen LogP contribution in [-0.2, 0) is 13.1 Å². The van der Waals surface area contributed by atoms with Crippen LogP contribution in [0.15, 0.2) is 59.8 Å². The molecule has 0 radical (unpaired) electrons. The Balaban J connectivity index is 1.36. The van der Waals surface area contributed by atoms with Gasteiger partial charge in [-0.2, -0.15) is 0 Å². The molecule has 4 rings (SSSR count). The van der Waals surface area contributed by atoms with Crippen molar-refractivity contribution in [3.8, 4) is 5.75 Å². The first-order valence-corrected chi connectivity index (χ1v) is 9.40. The van der Waals surface area contributed by atoms with Gasteiger partial charge < -0.3 is 10.2 Å². The standard InChI is InChI=1S/C21H24ClN3O/c1-26-21-5-3-2-4-18(21)14-25-13-17-10-11-24(15-20(17)23-25)12-16-6-8-19(22)9-7-16/h2-9,23H,10-15H2,1H3. The van der Waals surface area contributed by atoms with E-state index in [9.17, 15) is 0 Å². The minimum Gasteiger partial charge on any atom is -0.496 e. The van der Waals surface area contributed by atoms with E-state index >= 15 is 0 Å². The Morgan fingerprint density at radius 1 is 1.04 bits per heavy atom. The number of hydrogen-bond acceptors (Lipinski definition) is 4. The maximum Gasteiger partial charge on any atom is 0.123 e. The van der Waals surface area contributed by atoms with Gasteiger partial charge in [0.25, 0.3) is 0 Å². The van der Waals surface area contributed by atoms with Crippen LogP contribution < -0.4 is 10.2 Å².